The monoisotopic (exact) mass is 528 g/mol. The number of aliphatic hydroxyl groups is 1. The molecule has 5 rings (SSSR count). The Balaban J connectivity index is 1.43. The predicted molar refractivity (Wildman–Crippen MR) is 140 cm³/mol. The van der Waals surface area contributed by atoms with Gasteiger partial charge >= 0.3 is 0 Å². The van der Waals surface area contributed by atoms with Gasteiger partial charge in [-0.25, -0.2) is 0 Å². The number of carbonyl (C=O) groups is 3. The number of likely N-dealkylation sites (tertiary alicyclic amines) is 1. The summed E-state index contributed by atoms with van der Waals surface area (Å²) in [6.45, 7) is 9.54. The van der Waals surface area contributed by atoms with Crippen LogP contribution in [0.1, 0.15) is 33.6 Å². The first-order valence-corrected chi connectivity index (χ1v) is 13.8. The molecule has 2 bridgehead atoms. The van der Waals surface area contributed by atoms with E-state index in [1.807, 2.05) is 39.0 Å². The van der Waals surface area contributed by atoms with Gasteiger partial charge in [-0.2, -0.15) is 0 Å². The van der Waals surface area contributed by atoms with Crippen LogP contribution in [0, 0.1) is 17.8 Å². The number of carbonyl (C=O) groups excluding carboxylic acids is 3. The van der Waals surface area contributed by atoms with Crippen molar-refractivity contribution in [1.82, 2.24) is 15.1 Å². The lowest BCUT2D eigenvalue weighted by atomic mass is 9.66. The highest BCUT2D eigenvalue weighted by Gasteiger charge is 2.78. The minimum atomic E-state index is -1.12. The van der Waals surface area contributed by atoms with Gasteiger partial charge in [0.25, 0.3) is 0 Å². The van der Waals surface area contributed by atoms with Crippen molar-refractivity contribution < 1.29 is 29.0 Å². The van der Waals surface area contributed by atoms with Gasteiger partial charge in [0.15, 0.2) is 0 Å². The molecule has 0 saturated carbocycles. The van der Waals surface area contributed by atoms with Crippen LogP contribution in [0.2, 0.25) is 0 Å². The van der Waals surface area contributed by atoms with E-state index in [1.165, 1.54) is 4.90 Å². The van der Waals surface area contributed by atoms with Gasteiger partial charge in [0.2, 0.25) is 17.7 Å². The van der Waals surface area contributed by atoms with E-state index in [1.54, 1.807) is 12.1 Å². The van der Waals surface area contributed by atoms with E-state index in [4.69, 9.17) is 9.47 Å². The molecule has 3 N–H and O–H groups in total. The van der Waals surface area contributed by atoms with Crippen LogP contribution in [0.5, 0.6) is 0 Å². The third-order valence-corrected chi connectivity index (χ3v) is 8.93. The first-order chi connectivity index (χ1) is 18.2. The molecule has 1 spiro atoms. The van der Waals surface area contributed by atoms with E-state index in [9.17, 15) is 19.5 Å². The fraction of sp³-hybridized carbons (Fsp3) is 0.679. The average molecular weight is 529 g/mol. The van der Waals surface area contributed by atoms with Crippen molar-refractivity contribution in [3.05, 3.63) is 30.3 Å². The molecule has 4 aliphatic rings. The molecule has 38 heavy (non-hydrogen) atoms. The molecule has 0 radical (unpaired) electrons. The van der Waals surface area contributed by atoms with Crippen LogP contribution in [0.25, 0.3) is 0 Å². The summed E-state index contributed by atoms with van der Waals surface area (Å²) in [4.78, 5) is 45.5. The molecule has 4 heterocycles. The van der Waals surface area contributed by atoms with Crippen LogP contribution < -0.4 is 10.6 Å². The number of benzene rings is 1. The van der Waals surface area contributed by atoms with E-state index in [0.29, 0.717) is 44.8 Å². The van der Waals surface area contributed by atoms with Gasteiger partial charge in [-0.3, -0.25) is 19.3 Å². The fourth-order valence-electron chi connectivity index (χ4n) is 7.04. The summed E-state index contributed by atoms with van der Waals surface area (Å²) >= 11 is 0. The van der Waals surface area contributed by atoms with Crippen molar-refractivity contribution in [2.24, 2.45) is 17.8 Å². The zero-order valence-electron chi connectivity index (χ0n) is 22.5. The molecule has 4 aliphatic heterocycles. The molecule has 6 atom stereocenters. The highest BCUT2D eigenvalue weighted by atomic mass is 16.5. The van der Waals surface area contributed by atoms with Gasteiger partial charge in [-0.1, -0.05) is 32.0 Å². The van der Waals surface area contributed by atoms with Crippen LogP contribution in [0.4, 0.5) is 5.69 Å². The van der Waals surface area contributed by atoms with Crippen molar-refractivity contribution >= 4 is 23.4 Å². The second-order valence-electron chi connectivity index (χ2n) is 11.6. The Labute approximate surface area is 224 Å². The Kier molecular flexibility index (Phi) is 7.52. The number of aliphatic hydroxyl groups excluding tert-OH is 1. The number of amides is 3. The third kappa shape index (κ3) is 4.51. The summed E-state index contributed by atoms with van der Waals surface area (Å²) in [6, 6.07) is 7.67. The minimum absolute atomic E-state index is 0.0905. The number of ether oxygens (including phenoxy) is 2. The molecule has 10 nitrogen and oxygen atoms in total. The molecule has 4 saturated heterocycles. The van der Waals surface area contributed by atoms with Crippen LogP contribution >= 0.6 is 0 Å². The van der Waals surface area contributed by atoms with E-state index in [-0.39, 0.29) is 30.2 Å². The lowest BCUT2D eigenvalue weighted by molar-refractivity contribution is -0.150. The molecule has 2 unspecified atom stereocenters. The van der Waals surface area contributed by atoms with Crippen LogP contribution in [0.3, 0.4) is 0 Å². The van der Waals surface area contributed by atoms with E-state index < -0.39 is 35.1 Å². The second-order valence-corrected chi connectivity index (χ2v) is 11.6. The van der Waals surface area contributed by atoms with Gasteiger partial charge in [-0.15, -0.1) is 0 Å². The van der Waals surface area contributed by atoms with Crippen molar-refractivity contribution in [1.29, 1.82) is 0 Å². The molecule has 0 aliphatic carbocycles. The zero-order chi connectivity index (χ0) is 27.1. The van der Waals surface area contributed by atoms with Crippen molar-refractivity contribution in [3.63, 3.8) is 0 Å². The number of fused-ring (bicyclic) bond motifs is 1. The van der Waals surface area contributed by atoms with Crippen molar-refractivity contribution in [2.75, 3.05) is 51.3 Å². The van der Waals surface area contributed by atoms with Crippen molar-refractivity contribution in [3.8, 4) is 0 Å². The molecular formula is C28H40N4O6. The topological polar surface area (TPSA) is 120 Å². The Morgan fingerprint density at radius 1 is 1.13 bits per heavy atom. The highest BCUT2D eigenvalue weighted by Crippen LogP contribution is 2.63. The van der Waals surface area contributed by atoms with E-state index in [0.717, 1.165) is 13.1 Å². The number of anilines is 1. The quantitative estimate of drug-likeness (QED) is 0.435. The minimum Gasteiger partial charge on any atom is -0.394 e. The number of nitrogens with zero attached hydrogens (tertiary/aromatic N) is 2. The smallest absolute Gasteiger partial charge is 0.245 e. The standard InChI is InChI=1S/C28H40N4O6/c1-18(2)20(17-33)32-23(25(35)29-11-12-31-13-15-37-16-14-31)28-10-9-27(3,38-28)21(22(28)26(32)36)24(34)30-19-7-5-4-6-8-19/h4-8,18,20-23,33H,9-17H2,1-3H3,(H,29,35)(H,30,34)/t20-,21-,22-,23?,27+,28?/m0/s1. The number of nitrogens with one attached hydrogen (secondary N) is 2. The fourth-order valence-corrected chi connectivity index (χ4v) is 7.04. The maximum atomic E-state index is 14.2. The molecular weight excluding hydrogens is 488 g/mol. The molecule has 208 valence electrons. The average Bonchev–Trinajstić information content (AvgIpc) is 3.46. The maximum Gasteiger partial charge on any atom is 0.245 e. The molecule has 1 aromatic carbocycles. The lowest BCUT2D eigenvalue weighted by Crippen LogP contribution is -2.59. The van der Waals surface area contributed by atoms with Gasteiger partial charge < -0.3 is 30.1 Å². The number of hydrogen-bond acceptors (Lipinski definition) is 7. The summed E-state index contributed by atoms with van der Waals surface area (Å²) in [5, 5.41) is 16.3. The van der Waals surface area contributed by atoms with Gasteiger partial charge in [0.1, 0.15) is 11.6 Å². The molecule has 1 aromatic rings. The SMILES string of the molecule is CC(C)[C@H](CO)N1C(=O)[C@@H]2[C@@H](C(=O)Nc3ccccc3)[C@@]3(C)CCC2(O3)C1C(=O)NCCN1CCOCC1. The third-order valence-electron chi connectivity index (χ3n) is 8.93. The summed E-state index contributed by atoms with van der Waals surface area (Å²) in [5.74, 6) is -2.49. The highest BCUT2D eigenvalue weighted by molar-refractivity contribution is 6.02. The first kappa shape index (κ1) is 27.1. The molecule has 3 amide bonds. The van der Waals surface area contributed by atoms with E-state index in [2.05, 4.69) is 15.5 Å². The van der Waals surface area contributed by atoms with Crippen LogP contribution in [0.15, 0.2) is 30.3 Å². The number of hydrogen-bond donors (Lipinski definition) is 3. The van der Waals surface area contributed by atoms with Gasteiger partial charge in [0.05, 0.1) is 43.3 Å². The Morgan fingerprint density at radius 3 is 2.50 bits per heavy atom. The molecule has 0 aromatic heterocycles. The summed E-state index contributed by atoms with van der Waals surface area (Å²) < 4.78 is 12.1. The summed E-state index contributed by atoms with van der Waals surface area (Å²) in [5.41, 5.74) is -1.33. The van der Waals surface area contributed by atoms with Crippen LogP contribution in [-0.2, 0) is 23.9 Å². The maximum absolute atomic E-state index is 14.2. The largest absolute Gasteiger partial charge is 0.394 e. The van der Waals surface area contributed by atoms with Crippen LogP contribution in [-0.4, -0.2) is 102 Å². The summed E-state index contributed by atoms with van der Waals surface area (Å²) in [7, 11) is 0. The van der Waals surface area contributed by atoms with Gasteiger partial charge in [-0.05, 0) is 37.8 Å². The summed E-state index contributed by atoms with van der Waals surface area (Å²) in [6.07, 6.45) is 1.07. The normalized spacial score (nSPS) is 33.4. The molecule has 10 heteroatoms. The first-order valence-electron chi connectivity index (χ1n) is 13.8. The van der Waals surface area contributed by atoms with Gasteiger partial charge in [0, 0.05) is 31.9 Å². The van der Waals surface area contributed by atoms with E-state index >= 15 is 0 Å². The van der Waals surface area contributed by atoms with Crippen molar-refractivity contribution in [2.45, 2.75) is 56.9 Å². The Morgan fingerprint density at radius 2 is 1.84 bits per heavy atom. The Bertz CT molecular complexity index is 1050. The number of para-hydroxylation sites is 1. The number of morpholine rings is 1. The lowest BCUT2D eigenvalue weighted by Gasteiger charge is -2.38. The predicted octanol–water partition coefficient (Wildman–Crippen LogP) is 0.855. The second kappa shape index (κ2) is 10.6. The Hall–Kier alpha value is -2.53. The number of rotatable bonds is 9. The molecule has 4 fully saturated rings. The zero-order valence-corrected chi connectivity index (χ0v) is 22.5.